The number of ether oxygens (including phenoxy) is 1. The van der Waals surface area contributed by atoms with E-state index in [9.17, 15) is 28.0 Å². The summed E-state index contributed by atoms with van der Waals surface area (Å²) in [4.78, 5) is 28.7. The third kappa shape index (κ3) is 4.50. The molecule has 202 valence electrons. The first kappa shape index (κ1) is 26.0. The first-order chi connectivity index (χ1) is 19.1. The molecule has 3 aliphatic carbocycles. The van der Waals surface area contributed by atoms with Crippen LogP contribution in [-0.4, -0.2) is 29.5 Å². The molecule has 0 radical (unpaired) electrons. The van der Waals surface area contributed by atoms with E-state index in [1.54, 1.807) is 30.5 Å². The fourth-order valence-electron chi connectivity index (χ4n) is 6.13. The standard InChI is InChI=1S/C30H22F3N3O3S/c31-30(32,33)20-4-6-21(7-5-20)40-24-12-35-26-22(19-3-1-2-18(10-19)11-34)8-9-23(25(24)26)27(38)36-29-13-28(14-29,15-29)16-39-17-37/h1-10,12,17,35H,13-16H2,(H,36,38). The van der Waals surface area contributed by atoms with E-state index < -0.39 is 11.7 Å². The molecule has 7 rings (SSSR count). The summed E-state index contributed by atoms with van der Waals surface area (Å²) in [6.07, 6.45) is -0.470. The fraction of sp³-hybridized carbons (Fsp3) is 0.233. The minimum Gasteiger partial charge on any atom is -0.467 e. The van der Waals surface area contributed by atoms with Gasteiger partial charge in [-0.1, -0.05) is 30.0 Å². The van der Waals surface area contributed by atoms with E-state index >= 15 is 0 Å². The summed E-state index contributed by atoms with van der Waals surface area (Å²) in [7, 11) is 0. The molecule has 2 bridgehead atoms. The lowest BCUT2D eigenvalue weighted by atomic mass is 9.39. The summed E-state index contributed by atoms with van der Waals surface area (Å²) in [6, 6.07) is 17.7. The molecule has 2 N–H and O–H groups in total. The monoisotopic (exact) mass is 561 g/mol. The molecule has 4 aromatic rings. The van der Waals surface area contributed by atoms with Crippen LogP contribution in [0.1, 0.15) is 40.7 Å². The Morgan fingerprint density at radius 2 is 1.88 bits per heavy atom. The number of benzene rings is 3. The second-order valence-corrected chi connectivity index (χ2v) is 11.7. The number of nitrogens with one attached hydrogen (secondary N) is 2. The van der Waals surface area contributed by atoms with Gasteiger partial charge in [-0.2, -0.15) is 18.4 Å². The van der Waals surface area contributed by atoms with Crippen molar-refractivity contribution in [1.82, 2.24) is 10.3 Å². The molecule has 6 nitrogen and oxygen atoms in total. The largest absolute Gasteiger partial charge is 0.467 e. The molecule has 0 spiro atoms. The number of aromatic amines is 1. The van der Waals surface area contributed by atoms with Crippen molar-refractivity contribution in [2.24, 2.45) is 5.41 Å². The van der Waals surface area contributed by atoms with Crippen molar-refractivity contribution in [1.29, 1.82) is 5.26 Å². The average molecular weight is 562 g/mol. The molecule has 1 aromatic heterocycles. The number of fused-ring (bicyclic) bond motifs is 1. The van der Waals surface area contributed by atoms with Gasteiger partial charge < -0.3 is 15.0 Å². The van der Waals surface area contributed by atoms with Crippen LogP contribution in [0.3, 0.4) is 0 Å². The second kappa shape index (κ2) is 9.45. The average Bonchev–Trinajstić information content (AvgIpc) is 3.32. The van der Waals surface area contributed by atoms with E-state index in [1.165, 1.54) is 23.9 Å². The minimum atomic E-state index is -4.43. The molecule has 0 unspecified atom stereocenters. The van der Waals surface area contributed by atoms with E-state index in [0.717, 1.165) is 42.5 Å². The number of amides is 1. The zero-order valence-corrected chi connectivity index (χ0v) is 21.8. The first-order valence-electron chi connectivity index (χ1n) is 12.5. The van der Waals surface area contributed by atoms with Crippen molar-refractivity contribution < 1.29 is 27.5 Å². The van der Waals surface area contributed by atoms with Crippen molar-refractivity contribution >= 4 is 35.0 Å². The molecule has 3 fully saturated rings. The van der Waals surface area contributed by atoms with Gasteiger partial charge in [0.25, 0.3) is 12.4 Å². The van der Waals surface area contributed by atoms with Crippen LogP contribution in [-0.2, 0) is 15.7 Å². The number of nitrogens with zero attached hydrogens (tertiary/aromatic N) is 1. The van der Waals surface area contributed by atoms with Crippen molar-refractivity contribution in [3.8, 4) is 17.2 Å². The van der Waals surface area contributed by atoms with Crippen LogP contribution in [0.2, 0.25) is 0 Å². The van der Waals surface area contributed by atoms with Crippen LogP contribution in [0.15, 0.2) is 76.7 Å². The Morgan fingerprint density at radius 3 is 2.55 bits per heavy atom. The Balaban J connectivity index is 1.36. The number of alkyl halides is 3. The van der Waals surface area contributed by atoms with Crippen LogP contribution in [0, 0.1) is 16.7 Å². The smallest absolute Gasteiger partial charge is 0.416 e. The molecule has 0 saturated heterocycles. The van der Waals surface area contributed by atoms with E-state index in [0.29, 0.717) is 44.9 Å². The summed E-state index contributed by atoms with van der Waals surface area (Å²) >= 11 is 1.26. The van der Waals surface area contributed by atoms with Gasteiger partial charge in [-0.05, 0) is 67.3 Å². The van der Waals surface area contributed by atoms with Gasteiger partial charge >= 0.3 is 6.18 Å². The zero-order chi connectivity index (χ0) is 28.1. The summed E-state index contributed by atoms with van der Waals surface area (Å²) in [5, 5.41) is 13.2. The highest BCUT2D eigenvalue weighted by atomic mass is 32.2. The van der Waals surface area contributed by atoms with Crippen LogP contribution in [0.4, 0.5) is 13.2 Å². The maximum atomic E-state index is 13.6. The molecule has 3 aromatic carbocycles. The molecular weight excluding hydrogens is 539 g/mol. The Kier molecular flexibility index (Phi) is 6.15. The highest BCUT2D eigenvalue weighted by molar-refractivity contribution is 7.99. The van der Waals surface area contributed by atoms with Crippen LogP contribution in [0.25, 0.3) is 22.0 Å². The number of nitriles is 1. The van der Waals surface area contributed by atoms with Crippen molar-refractivity contribution in [3.05, 3.63) is 83.6 Å². The molecule has 40 heavy (non-hydrogen) atoms. The van der Waals surface area contributed by atoms with Gasteiger partial charge in [-0.25, -0.2) is 0 Å². The Bertz CT molecular complexity index is 1670. The normalized spacial score (nSPS) is 21.1. The van der Waals surface area contributed by atoms with Gasteiger partial charge in [0.1, 0.15) is 0 Å². The van der Waals surface area contributed by atoms with E-state index in [2.05, 4.69) is 16.4 Å². The number of H-pyrrole nitrogens is 1. The predicted octanol–water partition coefficient (Wildman–Crippen LogP) is 6.70. The quantitative estimate of drug-likeness (QED) is 0.234. The molecule has 3 aliphatic rings. The number of hydrogen-bond acceptors (Lipinski definition) is 5. The highest BCUT2D eigenvalue weighted by Crippen LogP contribution is 2.67. The highest BCUT2D eigenvalue weighted by Gasteiger charge is 2.68. The molecule has 3 saturated carbocycles. The van der Waals surface area contributed by atoms with Gasteiger partial charge in [-0.3, -0.25) is 9.59 Å². The number of hydrogen-bond donors (Lipinski definition) is 2. The summed E-state index contributed by atoms with van der Waals surface area (Å²) in [6.45, 7) is 0.790. The third-order valence-corrected chi connectivity index (χ3v) is 8.78. The van der Waals surface area contributed by atoms with Crippen molar-refractivity contribution in [3.63, 3.8) is 0 Å². The molecule has 10 heteroatoms. The SMILES string of the molecule is N#Cc1cccc(-c2ccc(C(=O)NC34CC(COC=O)(C3)C4)c3c(Sc4ccc(C(F)(F)F)cc4)c[nH]c23)c1. The number of halogens is 3. The summed E-state index contributed by atoms with van der Waals surface area (Å²) in [5.74, 6) is -0.249. The van der Waals surface area contributed by atoms with Gasteiger partial charge in [0.15, 0.2) is 0 Å². The number of carbonyl (C=O) groups excluding carboxylic acids is 2. The van der Waals surface area contributed by atoms with Crippen LogP contribution in [0.5, 0.6) is 0 Å². The molecule has 0 atom stereocenters. The summed E-state index contributed by atoms with van der Waals surface area (Å²) in [5.41, 5.74) is 2.08. The molecule has 1 amide bonds. The molecular formula is C30H22F3N3O3S. The van der Waals surface area contributed by atoms with Gasteiger partial charge in [-0.15, -0.1) is 0 Å². The van der Waals surface area contributed by atoms with Gasteiger partial charge in [0, 0.05) is 43.5 Å². The summed E-state index contributed by atoms with van der Waals surface area (Å²) < 4.78 is 44.1. The topological polar surface area (TPSA) is 95.0 Å². The lowest BCUT2D eigenvalue weighted by Gasteiger charge is -2.70. The third-order valence-electron chi connectivity index (χ3n) is 7.73. The van der Waals surface area contributed by atoms with Gasteiger partial charge in [0.05, 0.1) is 29.3 Å². The van der Waals surface area contributed by atoms with Crippen LogP contribution < -0.4 is 5.32 Å². The number of aromatic nitrogens is 1. The Hall–Kier alpha value is -4.23. The van der Waals surface area contributed by atoms with Crippen molar-refractivity contribution in [2.45, 2.75) is 40.8 Å². The maximum absolute atomic E-state index is 13.6. The zero-order valence-electron chi connectivity index (χ0n) is 21.0. The number of carbonyl (C=O) groups is 2. The molecule has 0 aliphatic heterocycles. The van der Waals surface area contributed by atoms with Crippen LogP contribution >= 0.6 is 11.8 Å². The Labute approximate surface area is 231 Å². The lowest BCUT2D eigenvalue weighted by Crippen LogP contribution is -2.75. The second-order valence-electron chi connectivity index (χ2n) is 10.6. The minimum absolute atomic E-state index is 0.0587. The first-order valence-corrected chi connectivity index (χ1v) is 13.3. The predicted molar refractivity (Wildman–Crippen MR) is 143 cm³/mol. The van der Waals surface area contributed by atoms with Crippen molar-refractivity contribution in [2.75, 3.05) is 6.61 Å². The van der Waals surface area contributed by atoms with Gasteiger partial charge in [0.2, 0.25) is 0 Å². The lowest BCUT2D eigenvalue weighted by molar-refractivity contribution is -0.184. The van der Waals surface area contributed by atoms with E-state index in [-0.39, 0.29) is 16.9 Å². The maximum Gasteiger partial charge on any atom is 0.416 e. The Morgan fingerprint density at radius 1 is 1.12 bits per heavy atom. The molecule has 1 heterocycles. The van der Waals surface area contributed by atoms with E-state index in [4.69, 9.17) is 4.74 Å². The van der Waals surface area contributed by atoms with E-state index in [1.807, 2.05) is 12.1 Å². The fourth-order valence-corrected chi connectivity index (χ4v) is 7.08. The number of rotatable bonds is 8.